The van der Waals surface area contributed by atoms with Crippen LogP contribution in [-0.2, 0) is 0 Å². The highest BCUT2D eigenvalue weighted by Crippen LogP contribution is 2.29. The highest BCUT2D eigenvalue weighted by Gasteiger charge is 2.16. The molecule has 0 atom stereocenters. The van der Waals surface area contributed by atoms with Crippen LogP contribution in [-0.4, -0.2) is 33.8 Å². The molecule has 4 rings (SSSR count). The van der Waals surface area contributed by atoms with E-state index in [0.29, 0.717) is 22.8 Å². The van der Waals surface area contributed by atoms with E-state index in [1.807, 2.05) is 37.3 Å². The molecule has 0 spiro atoms. The van der Waals surface area contributed by atoms with Crippen molar-refractivity contribution in [1.82, 2.24) is 19.6 Å². The third-order valence-corrected chi connectivity index (χ3v) is 4.45. The molecule has 0 aliphatic rings. The van der Waals surface area contributed by atoms with E-state index in [4.69, 9.17) is 9.47 Å². The minimum atomic E-state index is -0.210. The summed E-state index contributed by atoms with van der Waals surface area (Å²) in [6.07, 6.45) is 1.64. The largest absolute Gasteiger partial charge is 0.497 e. The monoisotopic (exact) mass is 362 g/mol. The third kappa shape index (κ3) is 2.83. The molecule has 1 N–H and O–H groups in total. The van der Waals surface area contributed by atoms with Gasteiger partial charge in [0.25, 0.3) is 5.56 Å². The molecular weight excluding hydrogens is 344 g/mol. The summed E-state index contributed by atoms with van der Waals surface area (Å²) in [5.41, 5.74) is 4.13. The average molecular weight is 362 g/mol. The Labute approximate surface area is 155 Å². The molecule has 0 saturated heterocycles. The molecule has 27 heavy (non-hydrogen) atoms. The average Bonchev–Trinajstić information content (AvgIpc) is 3.05. The number of hydrogen-bond donors (Lipinski definition) is 1. The second-order valence-corrected chi connectivity index (χ2v) is 6.04. The molecule has 0 saturated carbocycles. The maximum atomic E-state index is 12.7. The first-order valence-corrected chi connectivity index (χ1v) is 8.38. The van der Waals surface area contributed by atoms with Crippen molar-refractivity contribution in [3.8, 4) is 34.1 Å². The van der Waals surface area contributed by atoms with Gasteiger partial charge in [-0.05, 0) is 31.2 Å². The predicted molar refractivity (Wildman–Crippen MR) is 102 cm³/mol. The molecule has 136 valence electrons. The van der Waals surface area contributed by atoms with Crippen LogP contribution in [0.1, 0.15) is 5.56 Å². The summed E-state index contributed by atoms with van der Waals surface area (Å²) in [6.45, 7) is 1.93. The zero-order chi connectivity index (χ0) is 19.0. The van der Waals surface area contributed by atoms with E-state index in [1.54, 1.807) is 26.5 Å². The van der Waals surface area contributed by atoms with Crippen molar-refractivity contribution in [2.45, 2.75) is 6.92 Å². The van der Waals surface area contributed by atoms with E-state index in [2.05, 4.69) is 15.1 Å². The van der Waals surface area contributed by atoms with Gasteiger partial charge in [0.2, 0.25) is 5.88 Å². The number of aryl methyl sites for hydroxylation is 1. The fraction of sp³-hybridized carbons (Fsp3) is 0.150. The third-order valence-electron chi connectivity index (χ3n) is 4.45. The molecule has 1 aromatic carbocycles. The Hall–Kier alpha value is -3.61. The molecule has 0 unspecified atom stereocenters. The van der Waals surface area contributed by atoms with Crippen molar-refractivity contribution in [3.05, 3.63) is 64.6 Å². The Kier molecular flexibility index (Phi) is 4.12. The van der Waals surface area contributed by atoms with Gasteiger partial charge in [-0.3, -0.25) is 9.89 Å². The Morgan fingerprint density at radius 3 is 2.70 bits per heavy atom. The molecule has 7 heteroatoms. The van der Waals surface area contributed by atoms with Crippen molar-refractivity contribution in [1.29, 1.82) is 0 Å². The lowest BCUT2D eigenvalue weighted by atomic mass is 10.1. The van der Waals surface area contributed by atoms with Crippen LogP contribution in [0.15, 0.2) is 53.5 Å². The fourth-order valence-corrected chi connectivity index (χ4v) is 3.10. The van der Waals surface area contributed by atoms with Crippen LogP contribution in [0.3, 0.4) is 0 Å². The molecule has 0 aliphatic carbocycles. The van der Waals surface area contributed by atoms with Gasteiger partial charge >= 0.3 is 0 Å². The highest BCUT2D eigenvalue weighted by atomic mass is 16.5. The molecular formula is C20H18N4O3. The number of hydrogen-bond acceptors (Lipinski definition) is 5. The number of fused-ring (bicyclic) bond motifs is 1. The van der Waals surface area contributed by atoms with Crippen molar-refractivity contribution in [3.63, 3.8) is 0 Å². The van der Waals surface area contributed by atoms with Crippen molar-refractivity contribution < 1.29 is 9.47 Å². The Balaban J connectivity index is 1.93. The van der Waals surface area contributed by atoms with E-state index in [-0.39, 0.29) is 5.56 Å². The summed E-state index contributed by atoms with van der Waals surface area (Å²) >= 11 is 0. The van der Waals surface area contributed by atoms with Gasteiger partial charge in [-0.15, -0.1) is 0 Å². The summed E-state index contributed by atoms with van der Waals surface area (Å²) in [4.78, 5) is 21.6. The molecule has 3 aromatic heterocycles. The second kappa shape index (κ2) is 6.60. The quantitative estimate of drug-likeness (QED) is 0.603. The number of nitrogens with one attached hydrogen (secondary N) is 1. The predicted octanol–water partition coefficient (Wildman–Crippen LogP) is 3.08. The first-order chi connectivity index (χ1) is 13.1. The smallest absolute Gasteiger partial charge is 0.273 e. The topological polar surface area (TPSA) is 81.5 Å². The van der Waals surface area contributed by atoms with Gasteiger partial charge in [-0.1, -0.05) is 12.1 Å². The minimum Gasteiger partial charge on any atom is -0.497 e. The maximum absolute atomic E-state index is 12.7. The SMILES string of the molecule is COc1cccc(-c2[nH]n3c(=O)cc(-c4cccnc4OC)nc3c2C)c1. The Morgan fingerprint density at radius 1 is 1.07 bits per heavy atom. The van der Waals surface area contributed by atoms with Crippen molar-refractivity contribution >= 4 is 5.65 Å². The van der Waals surface area contributed by atoms with Gasteiger partial charge < -0.3 is 9.47 Å². The zero-order valence-corrected chi connectivity index (χ0v) is 15.2. The van der Waals surface area contributed by atoms with Crippen LogP contribution in [0.2, 0.25) is 0 Å². The summed E-state index contributed by atoms with van der Waals surface area (Å²) < 4.78 is 12.0. The lowest BCUT2D eigenvalue weighted by molar-refractivity contribution is 0.399. The van der Waals surface area contributed by atoms with Crippen LogP contribution in [0.5, 0.6) is 11.6 Å². The van der Waals surface area contributed by atoms with E-state index in [1.165, 1.54) is 10.6 Å². The van der Waals surface area contributed by atoms with Crippen LogP contribution in [0.4, 0.5) is 0 Å². The molecule has 0 aliphatic heterocycles. The number of benzene rings is 1. The summed E-state index contributed by atoms with van der Waals surface area (Å²) in [5, 5.41) is 3.15. The van der Waals surface area contributed by atoms with E-state index >= 15 is 0 Å². The van der Waals surface area contributed by atoms with Gasteiger partial charge in [-0.2, -0.15) is 0 Å². The normalized spacial score (nSPS) is 10.9. The number of aromatic nitrogens is 4. The van der Waals surface area contributed by atoms with Crippen molar-refractivity contribution in [2.24, 2.45) is 0 Å². The Morgan fingerprint density at radius 2 is 1.93 bits per heavy atom. The van der Waals surface area contributed by atoms with Crippen LogP contribution in [0, 0.1) is 6.92 Å². The first-order valence-electron chi connectivity index (χ1n) is 8.38. The number of pyridine rings is 1. The molecule has 7 nitrogen and oxygen atoms in total. The number of ether oxygens (including phenoxy) is 2. The number of rotatable bonds is 4. The summed E-state index contributed by atoms with van der Waals surface area (Å²) in [6, 6.07) is 12.7. The lowest BCUT2D eigenvalue weighted by Gasteiger charge is -2.06. The number of nitrogens with zero attached hydrogens (tertiary/aromatic N) is 3. The van der Waals surface area contributed by atoms with Crippen molar-refractivity contribution in [2.75, 3.05) is 14.2 Å². The number of H-pyrrole nitrogens is 1. The molecule has 0 fully saturated rings. The molecule has 0 amide bonds. The molecule has 0 radical (unpaired) electrons. The lowest BCUT2D eigenvalue weighted by Crippen LogP contribution is -2.14. The van der Waals surface area contributed by atoms with Gasteiger partial charge in [0, 0.05) is 23.4 Å². The minimum absolute atomic E-state index is 0.210. The second-order valence-electron chi connectivity index (χ2n) is 6.04. The van der Waals surface area contributed by atoms with Crippen LogP contribution >= 0.6 is 0 Å². The van der Waals surface area contributed by atoms with E-state index < -0.39 is 0 Å². The van der Waals surface area contributed by atoms with Gasteiger partial charge in [0.15, 0.2) is 5.65 Å². The van der Waals surface area contributed by atoms with E-state index in [0.717, 1.165) is 22.6 Å². The number of methoxy groups -OCH3 is 2. The van der Waals surface area contributed by atoms with Crippen LogP contribution < -0.4 is 15.0 Å². The fourth-order valence-electron chi connectivity index (χ4n) is 3.10. The first kappa shape index (κ1) is 16.8. The summed E-state index contributed by atoms with van der Waals surface area (Å²) in [5.74, 6) is 1.17. The summed E-state index contributed by atoms with van der Waals surface area (Å²) in [7, 11) is 3.16. The number of aromatic amines is 1. The zero-order valence-electron chi connectivity index (χ0n) is 15.2. The molecule has 4 aromatic rings. The standard InChI is InChI=1S/C20H18N4O3/c1-12-18(13-6-4-7-14(10-13)26-2)23-24-17(25)11-16(22-19(12)24)15-8-5-9-21-20(15)27-3/h4-11,23H,1-3H3. The van der Waals surface area contributed by atoms with Gasteiger partial charge in [-0.25, -0.2) is 14.5 Å². The highest BCUT2D eigenvalue weighted by molar-refractivity contribution is 5.73. The van der Waals surface area contributed by atoms with Crippen LogP contribution in [0.25, 0.3) is 28.2 Å². The molecule has 0 bridgehead atoms. The Bertz CT molecular complexity index is 1190. The van der Waals surface area contributed by atoms with Gasteiger partial charge in [0.05, 0.1) is 31.2 Å². The van der Waals surface area contributed by atoms with E-state index in [9.17, 15) is 4.79 Å². The van der Waals surface area contributed by atoms with Gasteiger partial charge in [0.1, 0.15) is 5.75 Å². The molecule has 3 heterocycles. The maximum Gasteiger partial charge on any atom is 0.273 e.